The number of rotatable bonds is 24. The highest BCUT2D eigenvalue weighted by molar-refractivity contribution is 6.61. The Hall–Kier alpha value is -2.93. The Balaban J connectivity index is 1.56. The zero-order valence-corrected chi connectivity index (χ0v) is 39.0. The predicted molar refractivity (Wildman–Crippen MR) is 241 cm³/mol. The lowest BCUT2D eigenvalue weighted by Gasteiger charge is -2.34. The molecular weight excluding hydrogens is 741 g/mol. The van der Waals surface area contributed by atoms with E-state index in [1.807, 2.05) is 0 Å². The van der Waals surface area contributed by atoms with Gasteiger partial charge in [-0.15, -0.1) is 0 Å². The highest BCUT2D eigenvalue weighted by Gasteiger charge is 2.44. The zero-order chi connectivity index (χ0) is 41.6. The first-order valence-corrected chi connectivity index (χ1v) is 25.3. The molecule has 0 fully saturated rings. The van der Waals surface area contributed by atoms with Crippen molar-refractivity contribution in [1.29, 1.82) is 0 Å². The highest BCUT2D eigenvalue weighted by Crippen LogP contribution is 2.35. The van der Waals surface area contributed by atoms with Crippen LogP contribution in [0.2, 0.25) is 12.1 Å². The summed E-state index contributed by atoms with van der Waals surface area (Å²) in [7, 11) is -5.69. The third-order valence-electron chi connectivity index (χ3n) is 9.37. The molecule has 0 aliphatic heterocycles. The summed E-state index contributed by atoms with van der Waals surface area (Å²) in [6, 6.07) is 39.7. The minimum Gasteiger partial charge on any atom is -0.371 e. The van der Waals surface area contributed by atoms with E-state index in [4.69, 9.17) is 26.6 Å². The molecule has 0 spiro atoms. The van der Waals surface area contributed by atoms with Crippen LogP contribution >= 0.6 is 0 Å². The van der Waals surface area contributed by atoms with Crippen LogP contribution < -0.4 is 0 Å². The number of aryl methyl sites for hydroxylation is 2. The van der Waals surface area contributed by atoms with E-state index in [9.17, 15) is 0 Å². The molecule has 4 aromatic rings. The van der Waals surface area contributed by atoms with Gasteiger partial charge >= 0.3 is 17.6 Å². The smallest absolute Gasteiger partial charge is 0.371 e. The first kappa shape index (κ1) is 46.8. The number of benzene rings is 4. The molecule has 0 N–H and O–H groups in total. The van der Waals surface area contributed by atoms with Crippen LogP contribution in [-0.2, 0) is 39.4 Å². The third-order valence-corrected chi connectivity index (χ3v) is 16.3. The Morgan fingerprint density at radius 1 is 0.351 bits per heavy atom. The van der Waals surface area contributed by atoms with Crippen LogP contribution in [0.3, 0.4) is 0 Å². The second kappa shape index (κ2) is 22.4. The molecule has 0 saturated carbocycles. The topological polar surface area (TPSA) is 55.4 Å². The summed E-state index contributed by atoms with van der Waals surface area (Å²) in [5.41, 5.74) is 8.87. The highest BCUT2D eigenvalue weighted by atomic mass is 28.4. The minimum atomic E-state index is -2.84. The van der Waals surface area contributed by atoms with E-state index in [2.05, 4.69) is 186 Å². The standard InChI is InChI=1S/C49H72O6Si2/c1-36(2)50-56(51-37(3)4,52-38(5)6)34-16-18-42-22-26-46(27-23-42)49(48-32-30-45(31-33-48)44-20-14-13-15-21-44)47-28-24-43(25-29-47)19-17-35-57(53-39(7)8,54-40(9)10)55-41(11)12/h13-15,20-33,36-41,49H,16-19,34-35H2,1-12H3. The largest absolute Gasteiger partial charge is 0.501 e. The Kier molecular flexibility index (Phi) is 18.4. The van der Waals surface area contributed by atoms with Crippen molar-refractivity contribution in [2.24, 2.45) is 0 Å². The Morgan fingerprint density at radius 3 is 0.930 bits per heavy atom. The van der Waals surface area contributed by atoms with E-state index in [0.29, 0.717) is 0 Å². The van der Waals surface area contributed by atoms with Gasteiger partial charge in [-0.25, -0.2) is 0 Å². The Morgan fingerprint density at radius 2 is 0.632 bits per heavy atom. The molecule has 4 rings (SSSR count). The van der Waals surface area contributed by atoms with E-state index < -0.39 is 17.6 Å². The van der Waals surface area contributed by atoms with Crippen molar-refractivity contribution in [1.82, 2.24) is 0 Å². The zero-order valence-electron chi connectivity index (χ0n) is 37.0. The van der Waals surface area contributed by atoms with Gasteiger partial charge in [-0.2, -0.15) is 0 Å². The van der Waals surface area contributed by atoms with Crippen LogP contribution in [0.1, 0.15) is 130 Å². The fraction of sp³-hybridized carbons (Fsp3) is 0.510. The van der Waals surface area contributed by atoms with E-state index in [1.54, 1.807) is 0 Å². The van der Waals surface area contributed by atoms with Crippen molar-refractivity contribution >= 4 is 17.6 Å². The monoisotopic (exact) mass is 812 g/mol. The lowest BCUT2D eigenvalue weighted by Crippen LogP contribution is -2.50. The van der Waals surface area contributed by atoms with Crippen molar-refractivity contribution < 1.29 is 26.6 Å². The summed E-state index contributed by atoms with van der Waals surface area (Å²) in [5.74, 6) is 0.0923. The molecule has 57 heavy (non-hydrogen) atoms. The summed E-state index contributed by atoms with van der Waals surface area (Å²) in [6.45, 7) is 24.8. The van der Waals surface area contributed by atoms with E-state index in [0.717, 1.165) is 37.8 Å². The van der Waals surface area contributed by atoms with Crippen LogP contribution in [0.5, 0.6) is 0 Å². The molecule has 6 nitrogen and oxygen atoms in total. The van der Waals surface area contributed by atoms with Crippen molar-refractivity contribution in [3.8, 4) is 11.1 Å². The second-order valence-corrected chi connectivity index (χ2v) is 22.1. The van der Waals surface area contributed by atoms with Gasteiger partial charge < -0.3 is 26.6 Å². The van der Waals surface area contributed by atoms with Gasteiger partial charge in [0.2, 0.25) is 0 Å². The van der Waals surface area contributed by atoms with Gasteiger partial charge in [-0.3, -0.25) is 0 Å². The molecule has 0 amide bonds. The van der Waals surface area contributed by atoms with Gasteiger partial charge in [0, 0.05) is 54.6 Å². The fourth-order valence-corrected chi connectivity index (χ4v) is 14.1. The molecule has 0 unspecified atom stereocenters. The number of hydrogen-bond donors (Lipinski definition) is 0. The van der Waals surface area contributed by atoms with Gasteiger partial charge in [0.25, 0.3) is 0 Å². The third kappa shape index (κ3) is 15.3. The molecular formula is C49H72O6Si2. The lowest BCUT2D eigenvalue weighted by molar-refractivity contribution is 0.00174. The quantitative estimate of drug-likeness (QED) is 0.0519. The average molecular weight is 813 g/mol. The summed E-state index contributed by atoms with van der Waals surface area (Å²) in [4.78, 5) is 0. The van der Waals surface area contributed by atoms with Crippen molar-refractivity contribution in [2.75, 3.05) is 0 Å². The molecule has 0 heterocycles. The van der Waals surface area contributed by atoms with Crippen LogP contribution in [0.25, 0.3) is 11.1 Å². The maximum absolute atomic E-state index is 6.45. The molecule has 8 heteroatoms. The SMILES string of the molecule is CC(C)O[Si](CCCc1ccc(C(c2ccc(CCC[Si](OC(C)C)(OC(C)C)OC(C)C)cc2)c2ccc(-c3ccccc3)cc2)cc1)(OC(C)C)OC(C)C. The normalized spacial score (nSPS) is 12.8. The van der Waals surface area contributed by atoms with Crippen molar-refractivity contribution in [3.05, 3.63) is 131 Å². The molecule has 4 aromatic carbocycles. The molecule has 0 aliphatic rings. The van der Waals surface area contributed by atoms with Crippen LogP contribution in [-0.4, -0.2) is 54.2 Å². The molecule has 0 atom stereocenters. The van der Waals surface area contributed by atoms with E-state index >= 15 is 0 Å². The van der Waals surface area contributed by atoms with Crippen LogP contribution in [0, 0.1) is 0 Å². The van der Waals surface area contributed by atoms with Gasteiger partial charge in [0.15, 0.2) is 0 Å². The summed E-state index contributed by atoms with van der Waals surface area (Å²) in [6.07, 6.45) is 3.98. The first-order chi connectivity index (χ1) is 27.1. The number of hydrogen-bond acceptors (Lipinski definition) is 6. The lowest BCUT2D eigenvalue weighted by atomic mass is 9.83. The molecule has 312 valence electrons. The molecule has 0 aromatic heterocycles. The maximum Gasteiger partial charge on any atom is 0.501 e. The average Bonchev–Trinajstić information content (AvgIpc) is 3.12. The Bertz CT molecular complexity index is 1560. The van der Waals surface area contributed by atoms with Gasteiger partial charge in [-0.1, -0.05) is 103 Å². The first-order valence-electron chi connectivity index (χ1n) is 21.5. The summed E-state index contributed by atoms with van der Waals surface area (Å²) >= 11 is 0. The van der Waals surface area contributed by atoms with Crippen molar-refractivity contribution in [2.45, 2.75) is 163 Å². The van der Waals surface area contributed by atoms with E-state index in [-0.39, 0.29) is 42.5 Å². The predicted octanol–water partition coefficient (Wildman–Crippen LogP) is 12.8. The van der Waals surface area contributed by atoms with Gasteiger partial charge in [0.05, 0.1) is 0 Å². The van der Waals surface area contributed by atoms with Crippen LogP contribution in [0.15, 0.2) is 103 Å². The summed E-state index contributed by atoms with van der Waals surface area (Å²) < 4.78 is 38.7. The van der Waals surface area contributed by atoms with Crippen molar-refractivity contribution in [3.63, 3.8) is 0 Å². The fourth-order valence-electron chi connectivity index (χ4n) is 7.52. The minimum absolute atomic E-state index is 0.0419. The van der Waals surface area contributed by atoms with Crippen LogP contribution in [0.4, 0.5) is 0 Å². The maximum atomic E-state index is 6.45. The molecule has 0 aliphatic carbocycles. The van der Waals surface area contributed by atoms with Gasteiger partial charge in [0.1, 0.15) is 0 Å². The summed E-state index contributed by atoms with van der Waals surface area (Å²) in [5, 5.41) is 0. The van der Waals surface area contributed by atoms with Gasteiger partial charge in [-0.05, 0) is 148 Å². The van der Waals surface area contributed by atoms with E-state index in [1.165, 1.54) is 38.9 Å². The second-order valence-electron chi connectivity index (χ2n) is 17.0. The molecule has 0 bridgehead atoms. The molecule has 0 saturated heterocycles. The molecule has 0 radical (unpaired) electrons. The Labute approximate surface area is 348 Å².